The average molecular weight is 205 g/mol. The summed E-state index contributed by atoms with van der Waals surface area (Å²) in [4.78, 5) is 4.24. The molecule has 1 aromatic heterocycles. The molecule has 0 saturated heterocycles. The van der Waals surface area contributed by atoms with Crippen molar-refractivity contribution in [2.24, 2.45) is 5.92 Å². The lowest BCUT2D eigenvalue weighted by molar-refractivity contribution is 0.686. The lowest BCUT2D eigenvalue weighted by Crippen LogP contribution is -2.04. The third kappa shape index (κ3) is 3.11. The molecule has 1 fully saturated rings. The normalized spacial score (nSPS) is 15.3. The standard InChI is InChI=1S/C12H19N3/c1-9-7-12(15-8-11(9)13)14-6-2-3-10-4-5-10/h7-8,10H,2-6,13H2,1H3,(H,14,15). The summed E-state index contributed by atoms with van der Waals surface area (Å²) in [6.45, 7) is 3.03. The maximum absolute atomic E-state index is 5.70. The van der Waals surface area contributed by atoms with Gasteiger partial charge in [0.25, 0.3) is 0 Å². The molecule has 82 valence electrons. The molecule has 2 rings (SSSR count). The van der Waals surface area contributed by atoms with E-state index in [1.165, 1.54) is 25.7 Å². The molecule has 3 nitrogen and oxygen atoms in total. The van der Waals surface area contributed by atoms with Gasteiger partial charge in [0.2, 0.25) is 0 Å². The maximum Gasteiger partial charge on any atom is 0.126 e. The highest BCUT2D eigenvalue weighted by atomic mass is 15.0. The summed E-state index contributed by atoms with van der Waals surface area (Å²) in [5.74, 6) is 1.96. The fraction of sp³-hybridized carbons (Fsp3) is 0.583. The Balaban J connectivity index is 1.74. The summed E-state index contributed by atoms with van der Waals surface area (Å²) >= 11 is 0. The molecular weight excluding hydrogens is 186 g/mol. The van der Waals surface area contributed by atoms with E-state index in [2.05, 4.69) is 10.3 Å². The monoisotopic (exact) mass is 205 g/mol. The molecule has 1 aliphatic carbocycles. The summed E-state index contributed by atoms with van der Waals surface area (Å²) in [7, 11) is 0. The van der Waals surface area contributed by atoms with Gasteiger partial charge in [0.15, 0.2) is 0 Å². The number of nitrogen functional groups attached to an aromatic ring is 1. The van der Waals surface area contributed by atoms with E-state index in [0.29, 0.717) is 0 Å². The summed E-state index contributed by atoms with van der Waals surface area (Å²) in [5.41, 5.74) is 7.56. The average Bonchev–Trinajstić information content (AvgIpc) is 3.02. The molecular formula is C12H19N3. The van der Waals surface area contributed by atoms with Crippen LogP contribution in [0, 0.1) is 12.8 Å². The number of aryl methyl sites for hydroxylation is 1. The van der Waals surface area contributed by atoms with Crippen LogP contribution in [0.4, 0.5) is 11.5 Å². The number of nitrogens with zero attached hydrogens (tertiary/aromatic N) is 1. The van der Waals surface area contributed by atoms with Crippen LogP contribution in [0.2, 0.25) is 0 Å². The molecule has 0 bridgehead atoms. The molecule has 1 saturated carbocycles. The summed E-state index contributed by atoms with van der Waals surface area (Å²) in [6, 6.07) is 2.01. The Hall–Kier alpha value is -1.25. The minimum atomic E-state index is 0.763. The van der Waals surface area contributed by atoms with Crippen LogP contribution in [0.5, 0.6) is 0 Å². The van der Waals surface area contributed by atoms with Crippen LogP contribution < -0.4 is 11.1 Å². The number of nitrogens with two attached hydrogens (primary N) is 1. The molecule has 0 aromatic carbocycles. The van der Waals surface area contributed by atoms with Crippen molar-refractivity contribution in [1.82, 2.24) is 4.98 Å². The van der Waals surface area contributed by atoms with Crippen molar-refractivity contribution in [3.63, 3.8) is 0 Å². The first kappa shape index (κ1) is 10.3. The Kier molecular flexibility index (Phi) is 3.09. The van der Waals surface area contributed by atoms with Crippen LogP contribution >= 0.6 is 0 Å². The second kappa shape index (κ2) is 4.51. The second-order valence-corrected chi connectivity index (χ2v) is 4.44. The van der Waals surface area contributed by atoms with Crippen LogP contribution in [0.15, 0.2) is 12.3 Å². The molecule has 0 spiro atoms. The van der Waals surface area contributed by atoms with Gasteiger partial charge in [-0.2, -0.15) is 0 Å². The van der Waals surface area contributed by atoms with E-state index in [0.717, 1.165) is 29.5 Å². The third-order valence-corrected chi connectivity index (χ3v) is 2.94. The van der Waals surface area contributed by atoms with Gasteiger partial charge in [0, 0.05) is 6.54 Å². The maximum atomic E-state index is 5.70. The second-order valence-electron chi connectivity index (χ2n) is 4.44. The number of pyridine rings is 1. The molecule has 3 heteroatoms. The van der Waals surface area contributed by atoms with E-state index >= 15 is 0 Å². The first-order valence-corrected chi connectivity index (χ1v) is 5.71. The molecule has 0 amide bonds. The smallest absolute Gasteiger partial charge is 0.126 e. The van der Waals surface area contributed by atoms with Crippen molar-refractivity contribution in [3.05, 3.63) is 17.8 Å². The zero-order chi connectivity index (χ0) is 10.7. The van der Waals surface area contributed by atoms with Gasteiger partial charge in [-0.05, 0) is 37.3 Å². The van der Waals surface area contributed by atoms with Crippen molar-refractivity contribution >= 4 is 11.5 Å². The molecule has 0 atom stereocenters. The third-order valence-electron chi connectivity index (χ3n) is 2.94. The molecule has 0 aliphatic heterocycles. The van der Waals surface area contributed by atoms with Crippen molar-refractivity contribution in [2.75, 3.05) is 17.6 Å². The summed E-state index contributed by atoms with van der Waals surface area (Å²) in [6.07, 6.45) is 7.22. The quantitative estimate of drug-likeness (QED) is 0.726. The van der Waals surface area contributed by atoms with Crippen LogP contribution in [0.1, 0.15) is 31.2 Å². The van der Waals surface area contributed by atoms with Gasteiger partial charge < -0.3 is 11.1 Å². The van der Waals surface area contributed by atoms with Gasteiger partial charge in [0.05, 0.1) is 11.9 Å². The SMILES string of the molecule is Cc1cc(NCCCC2CC2)ncc1N. The number of hydrogen-bond acceptors (Lipinski definition) is 3. The number of anilines is 2. The Morgan fingerprint density at radius 2 is 2.33 bits per heavy atom. The highest BCUT2D eigenvalue weighted by molar-refractivity contribution is 5.50. The van der Waals surface area contributed by atoms with E-state index in [-0.39, 0.29) is 0 Å². The van der Waals surface area contributed by atoms with E-state index < -0.39 is 0 Å². The van der Waals surface area contributed by atoms with Gasteiger partial charge in [0.1, 0.15) is 5.82 Å². The first-order valence-electron chi connectivity index (χ1n) is 5.71. The largest absolute Gasteiger partial charge is 0.397 e. The van der Waals surface area contributed by atoms with Gasteiger partial charge in [-0.3, -0.25) is 0 Å². The van der Waals surface area contributed by atoms with Crippen molar-refractivity contribution < 1.29 is 0 Å². The van der Waals surface area contributed by atoms with E-state index in [1.807, 2.05) is 13.0 Å². The number of hydrogen-bond donors (Lipinski definition) is 2. The van der Waals surface area contributed by atoms with Crippen molar-refractivity contribution in [1.29, 1.82) is 0 Å². The predicted molar refractivity (Wildman–Crippen MR) is 63.8 cm³/mol. The lowest BCUT2D eigenvalue weighted by Gasteiger charge is -2.07. The van der Waals surface area contributed by atoms with E-state index in [1.54, 1.807) is 6.20 Å². The molecule has 15 heavy (non-hydrogen) atoms. The summed E-state index contributed by atoms with van der Waals surface area (Å²) in [5, 5.41) is 3.33. The van der Waals surface area contributed by atoms with Gasteiger partial charge in [-0.1, -0.05) is 12.8 Å². The zero-order valence-electron chi connectivity index (χ0n) is 9.29. The Bertz CT molecular complexity index is 332. The predicted octanol–water partition coefficient (Wildman–Crippen LogP) is 2.57. The molecule has 0 radical (unpaired) electrons. The Labute approximate surface area is 91.1 Å². The lowest BCUT2D eigenvalue weighted by atomic mass is 10.2. The first-order chi connectivity index (χ1) is 7.25. The van der Waals surface area contributed by atoms with Gasteiger partial charge in [-0.15, -0.1) is 0 Å². The van der Waals surface area contributed by atoms with Crippen LogP contribution in [-0.2, 0) is 0 Å². The molecule has 1 heterocycles. The van der Waals surface area contributed by atoms with Gasteiger partial charge >= 0.3 is 0 Å². The van der Waals surface area contributed by atoms with E-state index in [9.17, 15) is 0 Å². The van der Waals surface area contributed by atoms with Crippen LogP contribution in [0.25, 0.3) is 0 Å². The van der Waals surface area contributed by atoms with Crippen LogP contribution in [0.3, 0.4) is 0 Å². The zero-order valence-corrected chi connectivity index (χ0v) is 9.29. The topological polar surface area (TPSA) is 50.9 Å². The molecule has 1 aliphatic rings. The van der Waals surface area contributed by atoms with Crippen molar-refractivity contribution in [2.45, 2.75) is 32.6 Å². The van der Waals surface area contributed by atoms with E-state index in [4.69, 9.17) is 5.73 Å². The Morgan fingerprint density at radius 1 is 1.53 bits per heavy atom. The van der Waals surface area contributed by atoms with Gasteiger partial charge in [-0.25, -0.2) is 4.98 Å². The highest BCUT2D eigenvalue weighted by Crippen LogP contribution is 2.33. The fourth-order valence-electron chi connectivity index (χ4n) is 1.68. The fourth-order valence-corrected chi connectivity index (χ4v) is 1.68. The van der Waals surface area contributed by atoms with Crippen LogP contribution in [-0.4, -0.2) is 11.5 Å². The molecule has 1 aromatic rings. The molecule has 3 N–H and O–H groups in total. The van der Waals surface area contributed by atoms with Crippen molar-refractivity contribution in [3.8, 4) is 0 Å². The number of aromatic nitrogens is 1. The minimum Gasteiger partial charge on any atom is -0.397 e. The highest BCUT2D eigenvalue weighted by Gasteiger charge is 2.19. The number of rotatable bonds is 5. The Morgan fingerprint density at radius 3 is 3.00 bits per heavy atom. The molecule has 0 unspecified atom stereocenters. The number of nitrogens with one attached hydrogen (secondary N) is 1. The minimum absolute atomic E-state index is 0.763. The summed E-state index contributed by atoms with van der Waals surface area (Å²) < 4.78 is 0.